The zero-order chi connectivity index (χ0) is 14.8. The number of ether oxygens (including phenoxy) is 1. The van der Waals surface area contributed by atoms with E-state index in [4.69, 9.17) is 4.74 Å². The van der Waals surface area contributed by atoms with Crippen LogP contribution in [-0.4, -0.2) is 31.7 Å². The molecule has 21 heavy (non-hydrogen) atoms. The average Bonchev–Trinajstić information content (AvgIpc) is 3.13. The quantitative estimate of drug-likeness (QED) is 0.690. The molecule has 3 aromatic rings. The SMILES string of the molecule is CCOC(=O)c1cn2cc(-c3cnn(CC)c3)ccc2n1. The van der Waals surface area contributed by atoms with Gasteiger partial charge in [-0.3, -0.25) is 4.68 Å². The van der Waals surface area contributed by atoms with Gasteiger partial charge >= 0.3 is 5.97 Å². The van der Waals surface area contributed by atoms with Crippen molar-refractivity contribution in [3.05, 3.63) is 42.6 Å². The van der Waals surface area contributed by atoms with Gasteiger partial charge in [0, 0.05) is 36.3 Å². The lowest BCUT2D eigenvalue weighted by Gasteiger charge is -1.98. The highest BCUT2D eigenvalue weighted by atomic mass is 16.5. The van der Waals surface area contributed by atoms with Crippen molar-refractivity contribution in [3.8, 4) is 11.1 Å². The number of imidazole rings is 1. The smallest absolute Gasteiger partial charge is 0.358 e. The molecule has 0 radical (unpaired) electrons. The Morgan fingerprint density at radius 3 is 2.76 bits per heavy atom. The third kappa shape index (κ3) is 2.52. The largest absolute Gasteiger partial charge is 0.461 e. The summed E-state index contributed by atoms with van der Waals surface area (Å²) in [4.78, 5) is 16.0. The van der Waals surface area contributed by atoms with Gasteiger partial charge in [0.1, 0.15) is 5.65 Å². The Bertz CT molecular complexity index is 788. The molecule has 0 saturated heterocycles. The third-order valence-corrected chi connectivity index (χ3v) is 3.23. The van der Waals surface area contributed by atoms with E-state index in [1.165, 1.54) is 0 Å². The van der Waals surface area contributed by atoms with Crippen LogP contribution in [0.15, 0.2) is 36.9 Å². The van der Waals surface area contributed by atoms with Gasteiger partial charge in [-0.25, -0.2) is 9.78 Å². The van der Waals surface area contributed by atoms with E-state index in [0.29, 0.717) is 17.9 Å². The molecule has 6 heteroatoms. The van der Waals surface area contributed by atoms with Crippen molar-refractivity contribution in [2.75, 3.05) is 6.61 Å². The highest BCUT2D eigenvalue weighted by molar-refractivity contribution is 5.88. The average molecular weight is 284 g/mol. The van der Waals surface area contributed by atoms with Crippen molar-refractivity contribution in [1.29, 1.82) is 0 Å². The second kappa shape index (κ2) is 5.40. The lowest BCUT2D eigenvalue weighted by atomic mass is 10.2. The Labute approximate surface area is 122 Å². The summed E-state index contributed by atoms with van der Waals surface area (Å²) in [7, 11) is 0. The van der Waals surface area contributed by atoms with Crippen molar-refractivity contribution < 1.29 is 9.53 Å². The maximum Gasteiger partial charge on any atom is 0.358 e. The summed E-state index contributed by atoms with van der Waals surface area (Å²) in [6, 6.07) is 3.84. The van der Waals surface area contributed by atoms with Crippen LogP contribution in [0.25, 0.3) is 16.8 Å². The molecule has 0 fully saturated rings. The first-order chi connectivity index (χ1) is 10.2. The maximum absolute atomic E-state index is 11.7. The minimum Gasteiger partial charge on any atom is -0.461 e. The van der Waals surface area contributed by atoms with Gasteiger partial charge in [0.15, 0.2) is 5.69 Å². The van der Waals surface area contributed by atoms with E-state index in [1.807, 2.05) is 46.7 Å². The van der Waals surface area contributed by atoms with Gasteiger partial charge in [-0.15, -0.1) is 0 Å². The highest BCUT2D eigenvalue weighted by Crippen LogP contribution is 2.19. The molecule has 3 aromatic heterocycles. The maximum atomic E-state index is 11.7. The Hall–Kier alpha value is -2.63. The van der Waals surface area contributed by atoms with Crippen molar-refractivity contribution in [2.45, 2.75) is 20.4 Å². The van der Waals surface area contributed by atoms with E-state index < -0.39 is 5.97 Å². The Kier molecular flexibility index (Phi) is 3.43. The molecular formula is C15H16N4O2. The van der Waals surface area contributed by atoms with E-state index in [1.54, 1.807) is 13.1 Å². The van der Waals surface area contributed by atoms with E-state index in [0.717, 1.165) is 17.7 Å². The molecule has 0 spiro atoms. The number of aryl methyl sites for hydroxylation is 1. The van der Waals surface area contributed by atoms with Crippen LogP contribution in [-0.2, 0) is 11.3 Å². The van der Waals surface area contributed by atoms with Crippen molar-refractivity contribution >= 4 is 11.6 Å². The summed E-state index contributed by atoms with van der Waals surface area (Å²) in [5.41, 5.74) is 3.09. The lowest BCUT2D eigenvalue weighted by Crippen LogP contribution is -2.04. The van der Waals surface area contributed by atoms with Crippen molar-refractivity contribution in [1.82, 2.24) is 19.2 Å². The minimum atomic E-state index is -0.401. The molecular weight excluding hydrogens is 268 g/mol. The first-order valence-electron chi connectivity index (χ1n) is 6.90. The number of pyridine rings is 1. The van der Waals surface area contributed by atoms with Crippen LogP contribution in [0.3, 0.4) is 0 Å². The summed E-state index contributed by atoms with van der Waals surface area (Å²) in [5.74, 6) is -0.401. The zero-order valence-electron chi connectivity index (χ0n) is 12.0. The lowest BCUT2D eigenvalue weighted by molar-refractivity contribution is 0.0520. The normalized spacial score (nSPS) is 11.0. The highest BCUT2D eigenvalue weighted by Gasteiger charge is 2.12. The van der Waals surface area contributed by atoms with Crippen molar-refractivity contribution in [2.24, 2.45) is 0 Å². The first-order valence-corrected chi connectivity index (χ1v) is 6.90. The number of hydrogen-bond donors (Lipinski definition) is 0. The van der Waals surface area contributed by atoms with E-state index in [2.05, 4.69) is 10.1 Å². The number of aromatic nitrogens is 4. The monoisotopic (exact) mass is 284 g/mol. The molecule has 0 atom stereocenters. The number of hydrogen-bond acceptors (Lipinski definition) is 4. The summed E-state index contributed by atoms with van der Waals surface area (Å²) in [6.45, 7) is 4.99. The number of nitrogens with zero attached hydrogens (tertiary/aromatic N) is 4. The number of rotatable bonds is 4. The Morgan fingerprint density at radius 2 is 2.05 bits per heavy atom. The zero-order valence-corrected chi connectivity index (χ0v) is 12.0. The van der Waals surface area contributed by atoms with Gasteiger partial charge in [0.25, 0.3) is 0 Å². The molecule has 0 unspecified atom stereocenters. The molecule has 0 bridgehead atoms. The second-order valence-corrected chi connectivity index (χ2v) is 4.61. The molecule has 3 rings (SSSR count). The molecule has 0 amide bonds. The first kappa shape index (κ1) is 13.4. The standard InChI is InChI=1S/C15H16N4O2/c1-3-19-9-12(7-16-19)11-5-6-14-17-13(10-18(14)8-11)15(20)21-4-2/h5-10H,3-4H2,1-2H3. The van der Waals surface area contributed by atoms with Gasteiger partial charge in [0.2, 0.25) is 0 Å². The summed E-state index contributed by atoms with van der Waals surface area (Å²) in [6.07, 6.45) is 7.43. The number of carbonyl (C=O) groups is 1. The fourth-order valence-corrected chi connectivity index (χ4v) is 2.15. The van der Waals surface area contributed by atoms with Gasteiger partial charge in [-0.2, -0.15) is 5.10 Å². The van der Waals surface area contributed by atoms with Crippen LogP contribution >= 0.6 is 0 Å². The van der Waals surface area contributed by atoms with Crippen LogP contribution in [0.4, 0.5) is 0 Å². The molecule has 0 aliphatic heterocycles. The molecule has 108 valence electrons. The summed E-state index contributed by atoms with van der Waals surface area (Å²) >= 11 is 0. The minimum absolute atomic E-state index is 0.318. The number of esters is 1. The molecule has 3 heterocycles. The molecule has 0 N–H and O–H groups in total. The fourth-order valence-electron chi connectivity index (χ4n) is 2.15. The van der Waals surface area contributed by atoms with Gasteiger partial charge in [-0.05, 0) is 26.0 Å². The van der Waals surface area contributed by atoms with Crippen molar-refractivity contribution in [3.63, 3.8) is 0 Å². The predicted molar refractivity (Wildman–Crippen MR) is 78.0 cm³/mol. The van der Waals surface area contributed by atoms with Gasteiger partial charge in [0.05, 0.1) is 12.8 Å². The van der Waals surface area contributed by atoms with Crippen LogP contribution in [0.5, 0.6) is 0 Å². The Morgan fingerprint density at radius 1 is 1.19 bits per heavy atom. The fraction of sp³-hybridized carbons (Fsp3) is 0.267. The van der Waals surface area contributed by atoms with E-state index >= 15 is 0 Å². The van der Waals surface area contributed by atoms with Gasteiger partial charge in [-0.1, -0.05) is 0 Å². The summed E-state index contributed by atoms with van der Waals surface area (Å²) in [5, 5.41) is 4.27. The molecule has 0 saturated carbocycles. The molecule has 0 aliphatic rings. The Balaban J connectivity index is 1.98. The molecule has 6 nitrogen and oxygen atoms in total. The number of fused-ring (bicyclic) bond motifs is 1. The second-order valence-electron chi connectivity index (χ2n) is 4.61. The topological polar surface area (TPSA) is 61.4 Å². The van der Waals surface area contributed by atoms with Crippen LogP contribution in [0.1, 0.15) is 24.3 Å². The van der Waals surface area contributed by atoms with Gasteiger partial charge < -0.3 is 9.14 Å². The van der Waals surface area contributed by atoms with E-state index in [-0.39, 0.29) is 0 Å². The van der Waals surface area contributed by atoms with Crippen LogP contribution in [0.2, 0.25) is 0 Å². The van der Waals surface area contributed by atoms with E-state index in [9.17, 15) is 4.79 Å². The van der Waals surface area contributed by atoms with Crippen LogP contribution in [0, 0.1) is 0 Å². The predicted octanol–water partition coefficient (Wildman–Crippen LogP) is 2.39. The summed E-state index contributed by atoms with van der Waals surface area (Å²) < 4.78 is 8.66. The number of carbonyl (C=O) groups excluding carboxylic acids is 1. The third-order valence-electron chi connectivity index (χ3n) is 3.23. The molecule has 0 aliphatic carbocycles. The van der Waals surface area contributed by atoms with Crippen LogP contribution < -0.4 is 0 Å². The molecule has 0 aromatic carbocycles.